The highest BCUT2D eigenvalue weighted by Gasteiger charge is 2.08. The van der Waals surface area contributed by atoms with E-state index in [1.165, 1.54) is 22.0 Å². The molecule has 0 fully saturated rings. The lowest BCUT2D eigenvalue weighted by molar-refractivity contribution is 0.652. The smallest absolute Gasteiger partial charge is 0.0486 e. The van der Waals surface area contributed by atoms with Crippen molar-refractivity contribution in [1.82, 2.24) is 9.88 Å². The summed E-state index contributed by atoms with van der Waals surface area (Å²) < 4.78 is 2.32. The SMILES string of the molecule is CCn1cc(C)c2ccc(C(C)NC)cc21. The van der Waals surface area contributed by atoms with Crippen molar-refractivity contribution in [2.75, 3.05) is 7.05 Å². The van der Waals surface area contributed by atoms with E-state index in [2.05, 4.69) is 55.1 Å². The third-order valence-electron chi connectivity index (χ3n) is 3.38. The molecule has 1 N–H and O–H groups in total. The summed E-state index contributed by atoms with van der Waals surface area (Å²) in [6.07, 6.45) is 2.23. The molecule has 1 aromatic carbocycles. The third kappa shape index (κ3) is 1.74. The van der Waals surface area contributed by atoms with Gasteiger partial charge in [0.1, 0.15) is 0 Å². The van der Waals surface area contributed by atoms with E-state index in [9.17, 15) is 0 Å². The zero-order valence-electron chi connectivity index (χ0n) is 10.5. The number of benzene rings is 1. The lowest BCUT2D eigenvalue weighted by Gasteiger charge is -2.11. The van der Waals surface area contributed by atoms with Gasteiger partial charge in [-0.25, -0.2) is 0 Å². The van der Waals surface area contributed by atoms with Crippen molar-refractivity contribution in [2.24, 2.45) is 0 Å². The number of nitrogens with zero attached hydrogens (tertiary/aromatic N) is 1. The molecule has 2 aromatic rings. The van der Waals surface area contributed by atoms with E-state index in [0.717, 1.165) is 6.54 Å². The third-order valence-corrected chi connectivity index (χ3v) is 3.38. The summed E-state index contributed by atoms with van der Waals surface area (Å²) in [6.45, 7) is 7.58. The molecule has 1 heterocycles. The normalized spacial score (nSPS) is 13.2. The Morgan fingerprint density at radius 3 is 2.75 bits per heavy atom. The minimum Gasteiger partial charge on any atom is -0.347 e. The zero-order valence-corrected chi connectivity index (χ0v) is 10.5. The average molecular weight is 216 g/mol. The van der Waals surface area contributed by atoms with E-state index in [1.54, 1.807) is 0 Å². The second-order valence-corrected chi connectivity index (χ2v) is 4.39. The van der Waals surface area contributed by atoms with Gasteiger partial charge in [0.2, 0.25) is 0 Å². The summed E-state index contributed by atoms with van der Waals surface area (Å²) in [7, 11) is 2.00. The van der Waals surface area contributed by atoms with Gasteiger partial charge in [-0.3, -0.25) is 0 Å². The largest absolute Gasteiger partial charge is 0.347 e. The number of aromatic nitrogens is 1. The van der Waals surface area contributed by atoms with Crippen LogP contribution in [0.2, 0.25) is 0 Å². The molecule has 2 heteroatoms. The maximum Gasteiger partial charge on any atom is 0.0486 e. The van der Waals surface area contributed by atoms with Gasteiger partial charge in [-0.15, -0.1) is 0 Å². The number of hydrogen-bond acceptors (Lipinski definition) is 1. The highest BCUT2D eigenvalue weighted by atomic mass is 14.9. The molecule has 0 radical (unpaired) electrons. The molecule has 0 bridgehead atoms. The highest BCUT2D eigenvalue weighted by Crippen LogP contribution is 2.24. The van der Waals surface area contributed by atoms with Crippen molar-refractivity contribution >= 4 is 10.9 Å². The van der Waals surface area contributed by atoms with Crippen LogP contribution in [0, 0.1) is 6.92 Å². The fraction of sp³-hybridized carbons (Fsp3) is 0.429. The molecule has 0 saturated carbocycles. The van der Waals surface area contributed by atoms with Gasteiger partial charge in [-0.2, -0.15) is 0 Å². The Labute approximate surface area is 97.3 Å². The lowest BCUT2D eigenvalue weighted by atomic mass is 10.1. The molecule has 0 aliphatic heterocycles. The lowest BCUT2D eigenvalue weighted by Crippen LogP contribution is -2.12. The molecule has 0 aliphatic rings. The summed E-state index contributed by atoms with van der Waals surface area (Å²) >= 11 is 0. The molecule has 2 nitrogen and oxygen atoms in total. The molecule has 2 rings (SSSR count). The van der Waals surface area contributed by atoms with Gasteiger partial charge in [0.25, 0.3) is 0 Å². The average Bonchev–Trinajstić information content (AvgIpc) is 2.64. The Balaban J connectivity index is 2.59. The Kier molecular flexibility index (Phi) is 3.01. The predicted octanol–water partition coefficient (Wildman–Crippen LogP) is 3.25. The Hall–Kier alpha value is -1.28. The van der Waals surface area contributed by atoms with E-state index in [4.69, 9.17) is 0 Å². The fourth-order valence-corrected chi connectivity index (χ4v) is 2.19. The van der Waals surface area contributed by atoms with Crippen molar-refractivity contribution in [3.8, 4) is 0 Å². The van der Waals surface area contributed by atoms with Crippen LogP contribution in [0.3, 0.4) is 0 Å². The van der Waals surface area contributed by atoms with Gasteiger partial charge < -0.3 is 9.88 Å². The van der Waals surface area contributed by atoms with E-state index in [-0.39, 0.29) is 0 Å². The van der Waals surface area contributed by atoms with Crippen LogP contribution >= 0.6 is 0 Å². The zero-order chi connectivity index (χ0) is 11.7. The maximum absolute atomic E-state index is 3.28. The van der Waals surface area contributed by atoms with Crippen LogP contribution in [0.25, 0.3) is 10.9 Å². The molecular formula is C14H20N2. The minimum atomic E-state index is 0.407. The van der Waals surface area contributed by atoms with Gasteiger partial charge in [-0.05, 0) is 45.0 Å². The van der Waals surface area contributed by atoms with E-state index < -0.39 is 0 Å². The van der Waals surface area contributed by atoms with Crippen LogP contribution in [0.15, 0.2) is 24.4 Å². The number of hydrogen-bond donors (Lipinski definition) is 1. The Morgan fingerprint density at radius 2 is 2.12 bits per heavy atom. The number of fused-ring (bicyclic) bond motifs is 1. The van der Waals surface area contributed by atoms with Gasteiger partial charge in [-0.1, -0.05) is 12.1 Å². The summed E-state index contributed by atoms with van der Waals surface area (Å²) in [4.78, 5) is 0. The summed E-state index contributed by atoms with van der Waals surface area (Å²) in [5.41, 5.74) is 4.06. The number of aryl methyl sites for hydroxylation is 2. The van der Waals surface area contributed by atoms with Gasteiger partial charge in [0, 0.05) is 29.7 Å². The minimum absolute atomic E-state index is 0.407. The van der Waals surface area contributed by atoms with Gasteiger partial charge in [0.15, 0.2) is 0 Å². The van der Waals surface area contributed by atoms with Crippen LogP contribution in [0.4, 0.5) is 0 Å². The van der Waals surface area contributed by atoms with Crippen LogP contribution in [0.5, 0.6) is 0 Å². The van der Waals surface area contributed by atoms with Crippen LogP contribution < -0.4 is 5.32 Å². The monoisotopic (exact) mass is 216 g/mol. The van der Waals surface area contributed by atoms with Crippen molar-refractivity contribution in [1.29, 1.82) is 0 Å². The standard InChI is InChI=1S/C14H20N2/c1-5-16-9-10(2)13-7-6-12(8-14(13)16)11(3)15-4/h6-9,11,15H,5H2,1-4H3. The summed E-state index contributed by atoms with van der Waals surface area (Å²) in [5, 5.41) is 4.65. The molecule has 1 aromatic heterocycles. The predicted molar refractivity (Wildman–Crippen MR) is 69.8 cm³/mol. The van der Waals surface area contributed by atoms with Crippen molar-refractivity contribution in [3.05, 3.63) is 35.5 Å². The molecule has 16 heavy (non-hydrogen) atoms. The van der Waals surface area contributed by atoms with Crippen molar-refractivity contribution in [3.63, 3.8) is 0 Å². The quantitative estimate of drug-likeness (QED) is 0.833. The molecule has 0 spiro atoms. The van der Waals surface area contributed by atoms with Crippen molar-refractivity contribution in [2.45, 2.75) is 33.4 Å². The Bertz CT molecular complexity index is 497. The first-order valence-corrected chi connectivity index (χ1v) is 5.94. The first-order valence-electron chi connectivity index (χ1n) is 5.94. The van der Waals surface area contributed by atoms with Gasteiger partial charge >= 0.3 is 0 Å². The first kappa shape index (κ1) is 11.2. The maximum atomic E-state index is 3.28. The fourth-order valence-electron chi connectivity index (χ4n) is 2.19. The Morgan fingerprint density at radius 1 is 1.38 bits per heavy atom. The van der Waals surface area contributed by atoms with Crippen molar-refractivity contribution < 1.29 is 0 Å². The molecule has 0 amide bonds. The first-order chi connectivity index (χ1) is 7.67. The number of nitrogens with one attached hydrogen (secondary N) is 1. The van der Waals surface area contributed by atoms with E-state index in [1.807, 2.05) is 7.05 Å². The number of rotatable bonds is 3. The van der Waals surface area contributed by atoms with E-state index in [0.29, 0.717) is 6.04 Å². The summed E-state index contributed by atoms with van der Waals surface area (Å²) in [6, 6.07) is 7.16. The molecular weight excluding hydrogens is 196 g/mol. The molecule has 86 valence electrons. The summed E-state index contributed by atoms with van der Waals surface area (Å²) in [5.74, 6) is 0. The van der Waals surface area contributed by atoms with E-state index >= 15 is 0 Å². The molecule has 1 atom stereocenters. The molecule has 1 unspecified atom stereocenters. The second-order valence-electron chi connectivity index (χ2n) is 4.39. The van der Waals surface area contributed by atoms with Crippen LogP contribution in [-0.4, -0.2) is 11.6 Å². The van der Waals surface area contributed by atoms with Crippen LogP contribution in [-0.2, 0) is 6.54 Å². The molecule has 0 saturated heterocycles. The highest BCUT2D eigenvalue weighted by molar-refractivity contribution is 5.84. The second kappa shape index (κ2) is 4.30. The van der Waals surface area contributed by atoms with Crippen LogP contribution in [0.1, 0.15) is 31.0 Å². The molecule has 0 aliphatic carbocycles. The topological polar surface area (TPSA) is 17.0 Å². The van der Waals surface area contributed by atoms with Gasteiger partial charge in [0.05, 0.1) is 0 Å².